The highest BCUT2D eigenvalue weighted by Crippen LogP contribution is 2.40. The van der Waals surface area contributed by atoms with Crippen LogP contribution in [0.4, 0.5) is 0 Å². The second-order valence-electron chi connectivity index (χ2n) is 4.69. The van der Waals surface area contributed by atoms with E-state index in [9.17, 15) is 9.90 Å². The summed E-state index contributed by atoms with van der Waals surface area (Å²) in [6, 6.07) is 8.73. The van der Waals surface area contributed by atoms with E-state index in [-0.39, 0.29) is 5.56 Å². The van der Waals surface area contributed by atoms with Gasteiger partial charge in [0.05, 0.1) is 12.9 Å². The predicted octanol–water partition coefficient (Wildman–Crippen LogP) is 1.36. The fourth-order valence-electron chi connectivity index (χ4n) is 2.43. The number of nitrogens with zero attached hydrogens (tertiary/aromatic N) is 2. The third-order valence-electron chi connectivity index (χ3n) is 3.39. The Morgan fingerprint density at radius 1 is 1.45 bits per heavy atom. The van der Waals surface area contributed by atoms with Gasteiger partial charge in [-0.25, -0.2) is 0 Å². The minimum absolute atomic E-state index is 0.281. The predicted molar refractivity (Wildman–Crippen MR) is 76.2 cm³/mol. The average molecular weight is 290 g/mol. The first-order chi connectivity index (χ1) is 9.54. The monoisotopic (exact) mass is 290 g/mol. The van der Waals surface area contributed by atoms with Crippen LogP contribution in [0.2, 0.25) is 0 Å². The summed E-state index contributed by atoms with van der Waals surface area (Å²) < 4.78 is 6.91. The number of ether oxygens (including phenoxy) is 1. The second-order valence-corrected chi connectivity index (χ2v) is 5.63. The average Bonchev–Trinajstić information content (AvgIpc) is 2.77. The van der Waals surface area contributed by atoms with Gasteiger partial charge in [0.15, 0.2) is 10.9 Å². The maximum Gasteiger partial charge on any atom is 0.273 e. The summed E-state index contributed by atoms with van der Waals surface area (Å²) in [4.78, 5) is 15.4. The molecule has 20 heavy (non-hydrogen) atoms. The Balaban J connectivity index is 2.19. The van der Waals surface area contributed by atoms with Gasteiger partial charge in [-0.3, -0.25) is 9.36 Å². The van der Waals surface area contributed by atoms with Crippen LogP contribution in [0.1, 0.15) is 11.3 Å². The van der Waals surface area contributed by atoms with Crippen molar-refractivity contribution in [2.24, 2.45) is 0 Å². The number of fused-ring (bicyclic) bond motifs is 1. The zero-order valence-corrected chi connectivity index (χ0v) is 12.0. The fraction of sp³-hybridized carbons (Fsp3) is 0.286. The molecule has 2 aromatic rings. The molecular weight excluding hydrogens is 276 g/mol. The van der Waals surface area contributed by atoms with Gasteiger partial charge in [0.2, 0.25) is 0 Å². The Labute approximate surface area is 120 Å². The summed E-state index contributed by atoms with van der Waals surface area (Å²) in [5.41, 5.74) is -0.0811. The van der Waals surface area contributed by atoms with Crippen LogP contribution >= 0.6 is 11.8 Å². The van der Waals surface area contributed by atoms with Gasteiger partial charge < -0.3 is 9.84 Å². The molecule has 2 heterocycles. The minimum Gasteiger partial charge on any atom is -0.497 e. The van der Waals surface area contributed by atoms with E-state index in [0.29, 0.717) is 22.4 Å². The fourth-order valence-corrected chi connectivity index (χ4v) is 3.64. The Kier molecular flexibility index (Phi) is 3.07. The number of aromatic nitrogens is 2. The van der Waals surface area contributed by atoms with Crippen LogP contribution < -0.4 is 10.3 Å². The molecule has 6 heteroatoms. The van der Waals surface area contributed by atoms with Gasteiger partial charge in [0.25, 0.3) is 5.56 Å². The number of hydrogen-bond donors (Lipinski definition) is 1. The molecule has 0 unspecified atom stereocenters. The molecule has 0 spiro atoms. The van der Waals surface area contributed by atoms with E-state index in [2.05, 4.69) is 4.98 Å². The number of thioether (sulfide) groups is 1. The molecule has 1 aliphatic heterocycles. The Morgan fingerprint density at radius 2 is 2.25 bits per heavy atom. The van der Waals surface area contributed by atoms with E-state index < -0.39 is 5.72 Å². The highest BCUT2D eigenvalue weighted by molar-refractivity contribution is 7.99. The number of hydrogen-bond acceptors (Lipinski definition) is 5. The first-order valence-electron chi connectivity index (χ1n) is 6.15. The molecule has 1 atom stereocenters. The van der Waals surface area contributed by atoms with Gasteiger partial charge in [-0.05, 0) is 19.1 Å². The summed E-state index contributed by atoms with van der Waals surface area (Å²) in [7, 11) is 1.59. The van der Waals surface area contributed by atoms with Gasteiger partial charge in [-0.1, -0.05) is 23.9 Å². The van der Waals surface area contributed by atoms with Crippen molar-refractivity contribution in [2.75, 3.05) is 12.9 Å². The normalized spacial score (nSPS) is 20.8. The molecule has 1 aliphatic rings. The molecular formula is C14H14N2O3S. The summed E-state index contributed by atoms with van der Waals surface area (Å²) in [6.07, 6.45) is 0. The highest BCUT2D eigenvalue weighted by atomic mass is 32.2. The number of aryl methyl sites for hydroxylation is 1. The molecule has 0 radical (unpaired) electrons. The number of rotatable bonds is 2. The number of aliphatic hydroxyl groups is 1. The first-order valence-corrected chi connectivity index (χ1v) is 7.14. The Bertz CT molecular complexity index is 729. The molecule has 0 saturated carbocycles. The van der Waals surface area contributed by atoms with E-state index in [4.69, 9.17) is 4.74 Å². The minimum atomic E-state index is -1.21. The molecule has 104 valence electrons. The quantitative estimate of drug-likeness (QED) is 0.846. The van der Waals surface area contributed by atoms with Gasteiger partial charge in [0, 0.05) is 17.3 Å². The maximum absolute atomic E-state index is 11.5. The van der Waals surface area contributed by atoms with Gasteiger partial charge in [-0.15, -0.1) is 0 Å². The van der Waals surface area contributed by atoms with E-state index in [1.807, 2.05) is 18.2 Å². The van der Waals surface area contributed by atoms with Crippen molar-refractivity contribution >= 4 is 11.8 Å². The Hall–Kier alpha value is -1.79. The molecule has 1 aromatic heterocycles. The molecule has 0 aliphatic carbocycles. The van der Waals surface area contributed by atoms with Crippen molar-refractivity contribution in [3.63, 3.8) is 0 Å². The molecule has 1 N–H and O–H groups in total. The lowest BCUT2D eigenvalue weighted by atomic mass is 10.0. The van der Waals surface area contributed by atoms with Crippen molar-refractivity contribution in [3.05, 3.63) is 51.9 Å². The zero-order chi connectivity index (χ0) is 14.3. The van der Waals surface area contributed by atoms with Crippen molar-refractivity contribution < 1.29 is 9.84 Å². The van der Waals surface area contributed by atoms with Gasteiger partial charge in [-0.2, -0.15) is 4.98 Å². The van der Waals surface area contributed by atoms with E-state index in [0.717, 1.165) is 5.56 Å². The molecule has 5 nitrogen and oxygen atoms in total. The van der Waals surface area contributed by atoms with Crippen LogP contribution in [0.3, 0.4) is 0 Å². The van der Waals surface area contributed by atoms with E-state index >= 15 is 0 Å². The van der Waals surface area contributed by atoms with E-state index in [1.165, 1.54) is 17.8 Å². The molecule has 0 bridgehead atoms. The summed E-state index contributed by atoms with van der Waals surface area (Å²) in [6.45, 7) is 1.80. The lowest BCUT2D eigenvalue weighted by molar-refractivity contribution is 0.0246. The number of benzene rings is 1. The van der Waals surface area contributed by atoms with Crippen molar-refractivity contribution in [1.29, 1.82) is 0 Å². The topological polar surface area (TPSA) is 64.3 Å². The van der Waals surface area contributed by atoms with Crippen LogP contribution in [0.25, 0.3) is 0 Å². The van der Waals surface area contributed by atoms with Crippen LogP contribution in [-0.4, -0.2) is 27.5 Å². The molecule has 3 rings (SSSR count). The number of methoxy groups -OCH3 is 1. The molecule has 0 fully saturated rings. The standard InChI is InChI=1S/C14H14N2O3S/c1-9-6-12(17)15-13-16(9)14(18,8-20-13)10-4-3-5-11(7-10)19-2/h3-7,18H,8H2,1-2H3/t14-/m1/s1. The largest absolute Gasteiger partial charge is 0.497 e. The SMILES string of the molecule is COc1cccc([C@]2(O)CSc3nc(=O)cc(C)n32)c1. The third kappa shape index (κ3) is 1.92. The third-order valence-corrected chi connectivity index (χ3v) is 4.47. The molecule has 0 saturated heterocycles. The van der Waals surface area contributed by atoms with Crippen LogP contribution in [-0.2, 0) is 5.72 Å². The molecule has 1 aromatic carbocycles. The second kappa shape index (κ2) is 4.64. The van der Waals surface area contributed by atoms with Gasteiger partial charge >= 0.3 is 0 Å². The lowest BCUT2D eigenvalue weighted by Crippen LogP contribution is -2.36. The summed E-state index contributed by atoms with van der Waals surface area (Å²) in [5, 5.41) is 11.6. The Morgan fingerprint density at radius 3 is 3.00 bits per heavy atom. The lowest BCUT2D eigenvalue weighted by Gasteiger charge is -2.27. The first kappa shape index (κ1) is 13.2. The zero-order valence-electron chi connectivity index (χ0n) is 11.2. The van der Waals surface area contributed by atoms with Crippen LogP contribution in [0.15, 0.2) is 40.3 Å². The highest BCUT2D eigenvalue weighted by Gasteiger charge is 2.40. The van der Waals surface area contributed by atoms with Crippen LogP contribution in [0, 0.1) is 6.92 Å². The van der Waals surface area contributed by atoms with E-state index in [1.54, 1.807) is 24.7 Å². The molecule has 0 amide bonds. The van der Waals surface area contributed by atoms with Gasteiger partial charge in [0.1, 0.15) is 5.75 Å². The van der Waals surface area contributed by atoms with Crippen molar-refractivity contribution in [1.82, 2.24) is 9.55 Å². The van der Waals surface area contributed by atoms with Crippen LogP contribution in [0.5, 0.6) is 5.75 Å². The maximum atomic E-state index is 11.5. The smallest absolute Gasteiger partial charge is 0.273 e. The summed E-state index contributed by atoms with van der Waals surface area (Å²) in [5.74, 6) is 1.10. The van der Waals surface area contributed by atoms with Crippen molar-refractivity contribution in [2.45, 2.75) is 17.8 Å². The summed E-state index contributed by atoms with van der Waals surface area (Å²) >= 11 is 1.37. The van der Waals surface area contributed by atoms with Crippen molar-refractivity contribution in [3.8, 4) is 5.75 Å².